The molecule has 0 radical (unpaired) electrons. The molecule has 0 aliphatic carbocycles. The van der Waals surface area contributed by atoms with Crippen LogP contribution in [0.5, 0.6) is 0 Å². The zero-order valence-electron chi connectivity index (χ0n) is 44.8. The van der Waals surface area contributed by atoms with Crippen molar-refractivity contribution in [1.82, 2.24) is 9.80 Å². The first kappa shape index (κ1) is 52.8. The normalized spacial score (nSPS) is 21.3. The van der Waals surface area contributed by atoms with Gasteiger partial charge in [0, 0.05) is 67.2 Å². The number of aliphatic imine (C=N–C) groups is 2. The third-order valence-corrected chi connectivity index (χ3v) is 20.0. The van der Waals surface area contributed by atoms with E-state index < -0.39 is 43.0 Å². The van der Waals surface area contributed by atoms with E-state index in [1.54, 1.807) is 70.5 Å². The van der Waals surface area contributed by atoms with Gasteiger partial charge >= 0.3 is 0 Å². The molecule has 0 N–H and O–H groups in total. The monoisotopic (exact) mass is 1130 g/mol. The lowest BCUT2D eigenvalue weighted by Crippen LogP contribution is -2.50. The molecule has 412 valence electrons. The van der Waals surface area contributed by atoms with Crippen molar-refractivity contribution in [3.05, 3.63) is 262 Å². The number of benzene rings is 8. The van der Waals surface area contributed by atoms with Gasteiger partial charge in [-0.25, -0.2) is 26.8 Å². The van der Waals surface area contributed by atoms with Gasteiger partial charge in [-0.05, 0) is 93.5 Å². The fourth-order valence-electron chi connectivity index (χ4n) is 12.1. The quantitative estimate of drug-likeness (QED) is 0.0917. The van der Waals surface area contributed by atoms with Gasteiger partial charge in [0.1, 0.15) is 0 Å². The molecule has 0 spiro atoms. The van der Waals surface area contributed by atoms with Gasteiger partial charge in [0.15, 0.2) is 43.0 Å². The summed E-state index contributed by atoms with van der Waals surface area (Å²) in [4.78, 5) is 45.4. The fraction of sp³-hybridized carbons (Fsp3) is 0.224. The van der Waals surface area contributed by atoms with Crippen molar-refractivity contribution in [1.29, 1.82) is 0 Å². The summed E-state index contributed by atoms with van der Waals surface area (Å²) in [5.41, 5.74) is 6.17. The predicted molar refractivity (Wildman–Crippen MR) is 313 cm³/mol. The van der Waals surface area contributed by atoms with Gasteiger partial charge in [0.2, 0.25) is 11.8 Å². The number of hydrogen-bond donors (Lipinski definition) is 0. The third kappa shape index (κ3) is 9.90. The number of carbonyl (C=O) groups excluding carboxylic acids is 2. The number of amides is 2. The first-order valence-corrected chi connectivity index (χ1v) is 30.9. The molecule has 1 fully saturated rings. The van der Waals surface area contributed by atoms with Gasteiger partial charge in [0.25, 0.3) is 11.8 Å². The lowest BCUT2D eigenvalue weighted by atomic mass is 9.81. The van der Waals surface area contributed by atoms with Crippen LogP contribution in [0.15, 0.2) is 232 Å². The Hall–Kier alpha value is -8.50. The lowest BCUT2D eigenvalue weighted by molar-refractivity contribution is -0.140. The topological polar surface area (TPSA) is 161 Å². The minimum absolute atomic E-state index is 0.0655. The molecule has 13 rings (SSSR count). The molecule has 5 aliphatic heterocycles. The molecule has 0 saturated carbocycles. The number of ether oxygens (including phenoxy) is 3. The number of carbonyl (C=O) groups is 2. The molecule has 15 heteroatoms. The van der Waals surface area contributed by atoms with Crippen LogP contribution in [0.4, 0.5) is 0 Å². The molecule has 82 heavy (non-hydrogen) atoms. The molecule has 4 atom stereocenters. The van der Waals surface area contributed by atoms with Gasteiger partial charge in [-0.15, -0.1) is 0 Å². The van der Waals surface area contributed by atoms with Gasteiger partial charge in [0.05, 0.1) is 34.5 Å². The van der Waals surface area contributed by atoms with E-state index in [1.807, 2.05) is 140 Å². The molecule has 2 amide bonds. The average Bonchev–Trinajstić information content (AvgIpc) is 4.24. The van der Waals surface area contributed by atoms with Crippen LogP contribution < -0.4 is 0 Å². The van der Waals surface area contributed by atoms with Crippen molar-refractivity contribution in [3.8, 4) is 11.1 Å². The zero-order chi connectivity index (χ0) is 56.1. The van der Waals surface area contributed by atoms with Gasteiger partial charge in [-0.1, -0.05) is 158 Å². The second-order valence-corrected chi connectivity index (χ2v) is 26.0. The van der Waals surface area contributed by atoms with E-state index in [9.17, 15) is 16.8 Å². The highest BCUT2D eigenvalue weighted by Gasteiger charge is 2.58. The molecule has 8 aromatic carbocycles. The Balaban J connectivity index is 0.866. The molecule has 13 nitrogen and oxygen atoms in total. The van der Waals surface area contributed by atoms with Crippen molar-refractivity contribution in [2.75, 3.05) is 37.8 Å². The van der Waals surface area contributed by atoms with E-state index in [0.717, 1.165) is 61.2 Å². The second kappa shape index (κ2) is 21.4. The number of sulfone groups is 2. The summed E-state index contributed by atoms with van der Waals surface area (Å²) in [6.45, 7) is 1.44. The van der Waals surface area contributed by atoms with E-state index in [-0.39, 0.29) is 72.1 Å². The maximum atomic E-state index is 15.7. The second-order valence-electron chi connectivity index (χ2n) is 21.8. The molecule has 1 saturated heterocycles. The largest absolute Gasteiger partial charge is 0.466 e. The average molecular weight is 1130 g/mol. The van der Waals surface area contributed by atoms with Crippen molar-refractivity contribution in [3.63, 3.8) is 0 Å². The van der Waals surface area contributed by atoms with Crippen LogP contribution in [-0.4, -0.2) is 99.1 Å². The predicted octanol–water partition coefficient (Wildman–Crippen LogP) is 10.1. The van der Waals surface area contributed by atoms with Crippen molar-refractivity contribution >= 4 is 43.3 Å². The standard InChI is InChI=1S/C67H58N4O9S2/c72-64-67(60(79-63(69-67)51-31-29-49(30-32-51)55-44-78-45-55)58-24-14-13-19-53(58)42-70(64)35-37-81(74,75)56-20-9-3-10-21-56)41-47-25-27-48(28-26-47)52-33-34-59-54(39-52)43-71(36-38-82(76,77)57-22-11-4-12-23-57)65(73)66(40-46-15-5-1-6-16-46)61(59)80-62(68-66)50-17-7-2-8-18-50/h1-34,39,55,60-61H,35-38,40-45H2/t60-,61-,66-,67-/m0/s1. The SMILES string of the molecule is O=C1N(CCS(=O)(=O)c2ccccc2)Cc2ccccc2[C@@H]2OC(c3ccc(C4COC4)cc3)=N[C@]12Cc1ccc(-c2ccc3c(c2)CN(CCS(=O)(=O)c2ccccc2)C(=O)[C@@]2(Cc4ccccc4)N=C(c4ccccc4)O[C@@H]32)cc1. The van der Waals surface area contributed by atoms with E-state index in [4.69, 9.17) is 24.2 Å². The maximum absolute atomic E-state index is 15.7. The van der Waals surface area contributed by atoms with E-state index in [1.165, 1.54) is 0 Å². The minimum Gasteiger partial charge on any atom is -0.466 e. The van der Waals surface area contributed by atoms with E-state index in [0.29, 0.717) is 30.9 Å². The van der Waals surface area contributed by atoms with E-state index >= 15 is 9.59 Å². The molecule has 0 bridgehead atoms. The van der Waals surface area contributed by atoms with Crippen LogP contribution in [0.25, 0.3) is 11.1 Å². The molecular formula is C67H58N4O9S2. The van der Waals surface area contributed by atoms with Crippen LogP contribution in [0.1, 0.15) is 68.2 Å². The highest BCUT2D eigenvalue weighted by atomic mass is 32.2. The van der Waals surface area contributed by atoms with E-state index in [2.05, 4.69) is 12.1 Å². The third-order valence-electron chi connectivity index (χ3n) is 16.6. The first-order valence-electron chi connectivity index (χ1n) is 27.6. The molecule has 0 aromatic heterocycles. The van der Waals surface area contributed by atoms with Crippen LogP contribution in [0.3, 0.4) is 0 Å². The molecule has 8 aromatic rings. The summed E-state index contributed by atoms with van der Waals surface area (Å²) >= 11 is 0. The van der Waals surface area contributed by atoms with Crippen molar-refractivity contribution < 1.29 is 40.6 Å². The summed E-state index contributed by atoms with van der Waals surface area (Å²) in [5.74, 6) is -0.284. The Morgan fingerprint density at radius 1 is 0.451 bits per heavy atom. The minimum atomic E-state index is -3.79. The number of fused-ring (bicyclic) bond motifs is 6. The van der Waals surface area contributed by atoms with Gasteiger partial charge in [-0.3, -0.25) is 9.59 Å². The van der Waals surface area contributed by atoms with Crippen LogP contribution in [-0.2, 0) is 69.4 Å². The number of hydrogen-bond acceptors (Lipinski definition) is 11. The molecule has 5 heterocycles. The summed E-state index contributed by atoms with van der Waals surface area (Å²) in [6.07, 6.45) is -1.34. The van der Waals surface area contributed by atoms with Gasteiger partial charge < -0.3 is 24.0 Å². The Kier molecular flexibility index (Phi) is 13.8. The van der Waals surface area contributed by atoms with Crippen molar-refractivity contribution in [2.45, 2.75) is 64.9 Å². The number of rotatable bonds is 16. The highest BCUT2D eigenvalue weighted by Crippen LogP contribution is 2.49. The Morgan fingerprint density at radius 3 is 1.43 bits per heavy atom. The van der Waals surface area contributed by atoms with Crippen LogP contribution in [0.2, 0.25) is 0 Å². The number of nitrogens with zero attached hydrogens (tertiary/aromatic N) is 4. The Labute approximate surface area is 477 Å². The van der Waals surface area contributed by atoms with Crippen LogP contribution in [0, 0.1) is 0 Å². The molecular weight excluding hydrogens is 1070 g/mol. The summed E-state index contributed by atoms with van der Waals surface area (Å²) in [5, 5.41) is 0. The highest BCUT2D eigenvalue weighted by molar-refractivity contribution is 7.91. The fourth-order valence-corrected chi connectivity index (χ4v) is 14.6. The maximum Gasteiger partial charge on any atom is 0.255 e. The van der Waals surface area contributed by atoms with Gasteiger partial charge in [-0.2, -0.15) is 0 Å². The smallest absolute Gasteiger partial charge is 0.255 e. The lowest BCUT2D eigenvalue weighted by Gasteiger charge is -2.32. The summed E-state index contributed by atoms with van der Waals surface area (Å²) in [6, 6.07) is 65.7. The summed E-state index contributed by atoms with van der Waals surface area (Å²) < 4.78 is 74.6. The molecule has 0 unspecified atom stereocenters. The first-order chi connectivity index (χ1) is 39.9. The zero-order valence-corrected chi connectivity index (χ0v) is 46.4. The van der Waals surface area contributed by atoms with Crippen molar-refractivity contribution in [2.24, 2.45) is 9.98 Å². The summed E-state index contributed by atoms with van der Waals surface area (Å²) in [7, 11) is -7.55. The Morgan fingerprint density at radius 2 is 0.890 bits per heavy atom. The van der Waals surface area contributed by atoms with Crippen LogP contribution >= 0.6 is 0 Å². The Bertz CT molecular complexity index is 4010. The molecule has 5 aliphatic rings.